The fourth-order valence-corrected chi connectivity index (χ4v) is 3.71. The van der Waals surface area contributed by atoms with Crippen molar-refractivity contribution in [2.24, 2.45) is 0 Å². The van der Waals surface area contributed by atoms with Crippen LogP contribution in [-0.4, -0.2) is 49.6 Å². The highest BCUT2D eigenvalue weighted by molar-refractivity contribution is 7.88. The van der Waals surface area contributed by atoms with E-state index in [9.17, 15) is 13.2 Å². The Morgan fingerprint density at radius 2 is 2.04 bits per heavy atom. The van der Waals surface area contributed by atoms with Gasteiger partial charge in [-0.3, -0.25) is 4.79 Å². The van der Waals surface area contributed by atoms with Gasteiger partial charge in [0.1, 0.15) is 5.69 Å². The SMILES string of the molecule is CS(=O)(=O)N[C@H]1CCCN(C(=O)c2ccc3ccccc3n2)C1. The highest BCUT2D eigenvalue weighted by atomic mass is 32.2. The first-order chi connectivity index (χ1) is 10.9. The lowest BCUT2D eigenvalue weighted by atomic mass is 10.1. The van der Waals surface area contributed by atoms with E-state index in [0.29, 0.717) is 18.8 Å². The lowest BCUT2D eigenvalue weighted by Crippen LogP contribution is -2.49. The number of likely N-dealkylation sites (tertiary alicyclic amines) is 1. The normalized spacial score (nSPS) is 19.0. The van der Waals surface area contributed by atoms with Gasteiger partial charge in [-0.15, -0.1) is 0 Å². The molecule has 0 bridgehead atoms. The van der Waals surface area contributed by atoms with Crippen LogP contribution >= 0.6 is 0 Å². The van der Waals surface area contributed by atoms with Crippen molar-refractivity contribution in [2.45, 2.75) is 18.9 Å². The van der Waals surface area contributed by atoms with Crippen molar-refractivity contribution in [1.29, 1.82) is 0 Å². The van der Waals surface area contributed by atoms with Gasteiger partial charge in [0.05, 0.1) is 11.8 Å². The summed E-state index contributed by atoms with van der Waals surface area (Å²) >= 11 is 0. The number of aromatic nitrogens is 1. The first-order valence-corrected chi connectivity index (χ1v) is 9.44. The van der Waals surface area contributed by atoms with Gasteiger partial charge in [-0.1, -0.05) is 24.3 Å². The Balaban J connectivity index is 1.78. The van der Waals surface area contributed by atoms with E-state index in [1.54, 1.807) is 11.0 Å². The smallest absolute Gasteiger partial charge is 0.272 e. The third-order valence-electron chi connectivity index (χ3n) is 3.91. The number of pyridine rings is 1. The zero-order valence-corrected chi connectivity index (χ0v) is 13.7. The topological polar surface area (TPSA) is 79.4 Å². The number of piperidine rings is 1. The summed E-state index contributed by atoms with van der Waals surface area (Å²) in [4.78, 5) is 18.7. The lowest BCUT2D eigenvalue weighted by molar-refractivity contribution is 0.0697. The molecule has 23 heavy (non-hydrogen) atoms. The maximum absolute atomic E-state index is 12.6. The Labute approximate surface area is 135 Å². The van der Waals surface area contributed by atoms with Crippen molar-refractivity contribution in [3.63, 3.8) is 0 Å². The van der Waals surface area contributed by atoms with Crippen LogP contribution in [0, 0.1) is 0 Å². The maximum atomic E-state index is 12.6. The quantitative estimate of drug-likeness (QED) is 0.920. The number of rotatable bonds is 3. The predicted molar refractivity (Wildman–Crippen MR) is 88.6 cm³/mol. The molecule has 1 saturated heterocycles. The molecule has 1 aromatic carbocycles. The van der Waals surface area contributed by atoms with Gasteiger partial charge in [0.15, 0.2) is 0 Å². The van der Waals surface area contributed by atoms with Crippen LogP contribution in [0.3, 0.4) is 0 Å². The minimum atomic E-state index is -3.27. The number of benzene rings is 1. The zero-order chi connectivity index (χ0) is 16.4. The number of carbonyl (C=O) groups is 1. The van der Waals surface area contributed by atoms with Crippen molar-refractivity contribution < 1.29 is 13.2 Å². The molecule has 1 aliphatic heterocycles. The van der Waals surface area contributed by atoms with Gasteiger partial charge in [-0.2, -0.15) is 0 Å². The molecular weight excluding hydrogens is 314 g/mol. The van der Waals surface area contributed by atoms with Crippen LogP contribution in [0.1, 0.15) is 23.3 Å². The standard InChI is InChI=1S/C16H19N3O3S/c1-23(21,22)18-13-6-4-10-19(11-13)16(20)15-9-8-12-5-2-3-7-14(12)17-15/h2-3,5,7-9,13,18H,4,6,10-11H2,1H3/t13-/m0/s1. The Bertz CT molecular complexity index is 835. The van der Waals surface area contributed by atoms with Crippen LogP contribution in [0.2, 0.25) is 0 Å². The van der Waals surface area contributed by atoms with Gasteiger partial charge in [0.2, 0.25) is 10.0 Å². The summed E-state index contributed by atoms with van der Waals surface area (Å²) in [5, 5.41) is 0.985. The number of fused-ring (bicyclic) bond motifs is 1. The molecule has 122 valence electrons. The molecule has 1 atom stereocenters. The minimum absolute atomic E-state index is 0.157. The van der Waals surface area contributed by atoms with E-state index >= 15 is 0 Å². The number of carbonyl (C=O) groups excluding carboxylic acids is 1. The second-order valence-electron chi connectivity index (χ2n) is 5.87. The van der Waals surface area contributed by atoms with Crippen molar-refractivity contribution in [3.05, 3.63) is 42.1 Å². The fraction of sp³-hybridized carbons (Fsp3) is 0.375. The van der Waals surface area contributed by atoms with Gasteiger partial charge >= 0.3 is 0 Å². The highest BCUT2D eigenvalue weighted by Crippen LogP contribution is 2.16. The third-order valence-corrected chi connectivity index (χ3v) is 4.67. The molecule has 6 nitrogen and oxygen atoms in total. The molecule has 7 heteroatoms. The number of nitrogens with one attached hydrogen (secondary N) is 1. The molecule has 0 radical (unpaired) electrons. The number of para-hydroxylation sites is 1. The van der Waals surface area contributed by atoms with Gasteiger partial charge < -0.3 is 4.90 Å². The molecule has 1 aromatic heterocycles. The van der Waals surface area contributed by atoms with Crippen LogP contribution in [0.4, 0.5) is 0 Å². The summed E-state index contributed by atoms with van der Waals surface area (Å²) in [7, 11) is -3.27. The predicted octanol–water partition coefficient (Wildman–Crippen LogP) is 1.39. The summed E-state index contributed by atoms with van der Waals surface area (Å²) in [5.41, 5.74) is 1.17. The molecule has 1 N–H and O–H groups in total. The number of hydrogen-bond donors (Lipinski definition) is 1. The molecule has 2 heterocycles. The zero-order valence-electron chi connectivity index (χ0n) is 12.9. The van der Waals surface area contributed by atoms with Gasteiger partial charge in [-0.25, -0.2) is 18.1 Å². The molecule has 0 aliphatic carbocycles. The van der Waals surface area contributed by atoms with E-state index in [1.807, 2.05) is 30.3 Å². The first kappa shape index (κ1) is 15.9. The van der Waals surface area contributed by atoms with E-state index in [-0.39, 0.29) is 11.9 Å². The highest BCUT2D eigenvalue weighted by Gasteiger charge is 2.26. The number of nitrogens with zero attached hydrogens (tertiary/aromatic N) is 2. The number of sulfonamides is 1. The molecule has 0 unspecified atom stereocenters. The third kappa shape index (κ3) is 3.86. The van der Waals surface area contributed by atoms with Crippen LogP contribution in [0.5, 0.6) is 0 Å². The average Bonchev–Trinajstić information content (AvgIpc) is 2.52. The second-order valence-corrected chi connectivity index (χ2v) is 7.65. The molecule has 1 fully saturated rings. The summed E-state index contributed by atoms with van der Waals surface area (Å²) in [6.07, 6.45) is 2.65. The molecule has 3 rings (SSSR count). The van der Waals surface area contributed by atoms with E-state index in [0.717, 1.165) is 30.0 Å². The number of hydrogen-bond acceptors (Lipinski definition) is 4. The lowest BCUT2D eigenvalue weighted by Gasteiger charge is -2.32. The van der Waals surface area contributed by atoms with Gasteiger partial charge in [-0.05, 0) is 25.0 Å². The summed E-state index contributed by atoms with van der Waals surface area (Å²) in [6.45, 7) is 0.996. The molecule has 0 spiro atoms. The van der Waals surface area contributed by atoms with E-state index in [1.165, 1.54) is 0 Å². The Kier molecular flexibility index (Phi) is 4.32. The molecule has 2 aromatic rings. The van der Waals surface area contributed by atoms with Crippen LogP contribution in [0.25, 0.3) is 10.9 Å². The van der Waals surface area contributed by atoms with Gasteiger partial charge in [0.25, 0.3) is 5.91 Å². The monoisotopic (exact) mass is 333 g/mol. The summed E-state index contributed by atoms with van der Waals surface area (Å²) in [6, 6.07) is 11.0. The Morgan fingerprint density at radius 1 is 1.26 bits per heavy atom. The first-order valence-electron chi connectivity index (χ1n) is 7.55. The van der Waals surface area contributed by atoms with Crippen LogP contribution in [-0.2, 0) is 10.0 Å². The minimum Gasteiger partial charge on any atom is -0.336 e. The Morgan fingerprint density at radius 3 is 2.83 bits per heavy atom. The second kappa shape index (κ2) is 6.25. The van der Waals surface area contributed by atoms with Gasteiger partial charge in [0, 0.05) is 24.5 Å². The van der Waals surface area contributed by atoms with E-state index in [2.05, 4.69) is 9.71 Å². The van der Waals surface area contributed by atoms with Crippen molar-refractivity contribution in [3.8, 4) is 0 Å². The summed E-state index contributed by atoms with van der Waals surface area (Å²) < 4.78 is 25.3. The Hall–Kier alpha value is -1.99. The van der Waals surface area contributed by atoms with Crippen LogP contribution in [0.15, 0.2) is 36.4 Å². The molecule has 0 saturated carbocycles. The average molecular weight is 333 g/mol. The van der Waals surface area contributed by atoms with Crippen molar-refractivity contribution in [2.75, 3.05) is 19.3 Å². The maximum Gasteiger partial charge on any atom is 0.272 e. The van der Waals surface area contributed by atoms with E-state index in [4.69, 9.17) is 0 Å². The molecular formula is C16H19N3O3S. The summed E-state index contributed by atoms with van der Waals surface area (Å²) in [5.74, 6) is -0.157. The van der Waals surface area contributed by atoms with Crippen LogP contribution < -0.4 is 4.72 Å². The largest absolute Gasteiger partial charge is 0.336 e. The molecule has 1 amide bonds. The number of amides is 1. The molecule has 1 aliphatic rings. The van der Waals surface area contributed by atoms with Crippen molar-refractivity contribution in [1.82, 2.24) is 14.6 Å². The van der Waals surface area contributed by atoms with E-state index < -0.39 is 10.0 Å². The van der Waals surface area contributed by atoms with Crippen molar-refractivity contribution >= 4 is 26.8 Å². The fourth-order valence-electron chi connectivity index (χ4n) is 2.91.